The van der Waals surface area contributed by atoms with Crippen molar-refractivity contribution in [1.82, 2.24) is 25.4 Å². The van der Waals surface area contributed by atoms with Crippen molar-refractivity contribution in [3.05, 3.63) is 12.2 Å². The summed E-state index contributed by atoms with van der Waals surface area (Å²) in [6.45, 7) is 1.63. The number of aryl methyl sites for hydroxylation is 1. The molecule has 1 amide bonds. The van der Waals surface area contributed by atoms with Crippen LogP contribution in [-0.2, 0) is 18.3 Å². The molecule has 3 unspecified atom stereocenters. The Bertz CT molecular complexity index is 458. The van der Waals surface area contributed by atoms with Gasteiger partial charge in [-0.2, -0.15) is 0 Å². The number of fused-ring (bicyclic) bond motifs is 1. The van der Waals surface area contributed by atoms with Crippen LogP contribution in [0.25, 0.3) is 0 Å². The molecule has 2 N–H and O–H groups in total. The largest absolute Gasteiger partial charge is 0.354 e. The number of nitrogens with zero attached hydrogens (tertiary/aromatic N) is 3. The summed E-state index contributed by atoms with van der Waals surface area (Å²) in [6.07, 6.45) is 6.15. The van der Waals surface area contributed by atoms with Gasteiger partial charge in [-0.25, -0.2) is 0 Å². The first kappa shape index (κ1) is 12.6. The molecule has 2 aliphatic rings. The van der Waals surface area contributed by atoms with E-state index in [0.29, 0.717) is 12.5 Å². The first-order valence-corrected chi connectivity index (χ1v) is 7.09. The van der Waals surface area contributed by atoms with Crippen LogP contribution in [-0.4, -0.2) is 39.8 Å². The van der Waals surface area contributed by atoms with E-state index < -0.39 is 0 Å². The summed E-state index contributed by atoms with van der Waals surface area (Å²) in [7, 11) is 1.92. The molecule has 0 aromatic carbocycles. The summed E-state index contributed by atoms with van der Waals surface area (Å²) >= 11 is 0. The summed E-state index contributed by atoms with van der Waals surface area (Å²) in [5.41, 5.74) is 0. The van der Waals surface area contributed by atoms with Gasteiger partial charge in [0.1, 0.15) is 12.2 Å². The molecule has 0 bridgehead atoms. The fourth-order valence-electron chi connectivity index (χ4n) is 3.42. The molecular formula is C13H21N5O. The predicted octanol–water partition coefficient (Wildman–Crippen LogP) is -0.138. The van der Waals surface area contributed by atoms with E-state index in [1.54, 1.807) is 6.33 Å². The molecule has 6 nitrogen and oxygen atoms in total. The normalized spacial score (nSPS) is 29.4. The number of rotatable bonds is 4. The number of hydrogen-bond acceptors (Lipinski definition) is 4. The van der Waals surface area contributed by atoms with Gasteiger partial charge in [-0.15, -0.1) is 10.2 Å². The number of hydrogen-bond donors (Lipinski definition) is 2. The summed E-state index contributed by atoms with van der Waals surface area (Å²) < 4.78 is 1.88. The maximum absolute atomic E-state index is 12.2. The van der Waals surface area contributed by atoms with E-state index in [-0.39, 0.29) is 11.9 Å². The number of amides is 1. The van der Waals surface area contributed by atoms with Gasteiger partial charge in [-0.3, -0.25) is 4.79 Å². The molecule has 3 rings (SSSR count). The van der Waals surface area contributed by atoms with Gasteiger partial charge in [0.15, 0.2) is 0 Å². The topological polar surface area (TPSA) is 71.8 Å². The summed E-state index contributed by atoms with van der Waals surface area (Å²) in [6, 6.07) is 0.0204. The number of carbonyl (C=O) groups excluding carboxylic acids is 1. The lowest BCUT2D eigenvalue weighted by molar-refractivity contribution is -0.123. The molecule has 0 radical (unpaired) electrons. The van der Waals surface area contributed by atoms with Gasteiger partial charge in [0.05, 0.1) is 6.04 Å². The summed E-state index contributed by atoms with van der Waals surface area (Å²) in [5, 5.41) is 14.2. The van der Waals surface area contributed by atoms with Crippen LogP contribution in [0.4, 0.5) is 0 Å². The second-order valence-electron chi connectivity index (χ2n) is 5.64. The highest BCUT2D eigenvalue weighted by molar-refractivity contribution is 5.82. The van der Waals surface area contributed by atoms with Crippen LogP contribution in [0.5, 0.6) is 0 Å². The van der Waals surface area contributed by atoms with Gasteiger partial charge >= 0.3 is 0 Å². The molecular weight excluding hydrogens is 242 g/mol. The van der Waals surface area contributed by atoms with Crippen molar-refractivity contribution in [3.8, 4) is 0 Å². The average molecular weight is 263 g/mol. The lowest BCUT2D eigenvalue weighted by atomic mass is 9.93. The second kappa shape index (κ2) is 5.28. The number of aromatic nitrogens is 3. The molecule has 2 heterocycles. The van der Waals surface area contributed by atoms with Crippen LogP contribution in [0.1, 0.15) is 25.1 Å². The third kappa shape index (κ3) is 2.49. The zero-order valence-electron chi connectivity index (χ0n) is 11.3. The maximum atomic E-state index is 12.2. The molecule has 6 heteroatoms. The van der Waals surface area contributed by atoms with Crippen molar-refractivity contribution in [3.63, 3.8) is 0 Å². The molecule has 0 spiro atoms. The van der Waals surface area contributed by atoms with Crippen LogP contribution in [0.2, 0.25) is 0 Å². The highest BCUT2D eigenvalue weighted by atomic mass is 16.2. The zero-order valence-corrected chi connectivity index (χ0v) is 11.3. The molecule has 3 atom stereocenters. The lowest BCUT2D eigenvalue weighted by Crippen LogP contribution is -2.44. The third-order valence-corrected chi connectivity index (χ3v) is 4.48. The summed E-state index contributed by atoms with van der Waals surface area (Å²) in [4.78, 5) is 12.2. The fraction of sp³-hybridized carbons (Fsp3) is 0.769. The fourth-order valence-corrected chi connectivity index (χ4v) is 3.42. The quantitative estimate of drug-likeness (QED) is 0.793. The average Bonchev–Trinajstić information content (AvgIpc) is 3.05. The monoisotopic (exact) mass is 263 g/mol. The first-order valence-electron chi connectivity index (χ1n) is 7.09. The van der Waals surface area contributed by atoms with Crippen LogP contribution in [0.15, 0.2) is 6.33 Å². The Labute approximate surface area is 113 Å². The Morgan fingerprint density at radius 3 is 3.26 bits per heavy atom. The van der Waals surface area contributed by atoms with E-state index in [4.69, 9.17) is 0 Å². The van der Waals surface area contributed by atoms with Crippen molar-refractivity contribution < 1.29 is 4.79 Å². The zero-order chi connectivity index (χ0) is 13.2. The van der Waals surface area contributed by atoms with Crippen molar-refractivity contribution in [2.45, 2.75) is 31.7 Å². The maximum Gasteiger partial charge on any atom is 0.237 e. The predicted molar refractivity (Wildman–Crippen MR) is 70.3 cm³/mol. The van der Waals surface area contributed by atoms with Crippen molar-refractivity contribution >= 4 is 5.91 Å². The number of nitrogens with one attached hydrogen (secondary N) is 2. The van der Waals surface area contributed by atoms with Gasteiger partial charge in [0, 0.05) is 20.0 Å². The highest BCUT2D eigenvalue weighted by Crippen LogP contribution is 2.37. The minimum absolute atomic E-state index is 0.0204. The first-order chi connectivity index (χ1) is 9.25. The minimum Gasteiger partial charge on any atom is -0.354 e. The highest BCUT2D eigenvalue weighted by Gasteiger charge is 2.42. The summed E-state index contributed by atoms with van der Waals surface area (Å²) in [5.74, 6) is 2.32. The van der Waals surface area contributed by atoms with Crippen molar-refractivity contribution in [2.75, 3.05) is 13.1 Å². The molecule has 2 fully saturated rings. The van der Waals surface area contributed by atoms with Gasteiger partial charge in [0.2, 0.25) is 5.91 Å². The van der Waals surface area contributed by atoms with E-state index in [2.05, 4.69) is 20.8 Å². The van der Waals surface area contributed by atoms with Crippen LogP contribution >= 0.6 is 0 Å². The van der Waals surface area contributed by atoms with Crippen LogP contribution < -0.4 is 10.6 Å². The molecule has 104 valence electrons. The Balaban J connectivity index is 1.48. The molecule has 1 aromatic rings. The molecule has 1 aromatic heterocycles. The third-order valence-electron chi connectivity index (χ3n) is 4.48. The Morgan fingerprint density at radius 1 is 1.58 bits per heavy atom. The van der Waals surface area contributed by atoms with Gasteiger partial charge in [-0.1, -0.05) is 6.42 Å². The Hall–Kier alpha value is -1.43. The van der Waals surface area contributed by atoms with E-state index in [0.717, 1.165) is 24.7 Å². The van der Waals surface area contributed by atoms with Gasteiger partial charge in [-0.05, 0) is 31.2 Å². The van der Waals surface area contributed by atoms with Crippen LogP contribution in [0.3, 0.4) is 0 Å². The van der Waals surface area contributed by atoms with Gasteiger partial charge < -0.3 is 15.2 Å². The molecule has 1 saturated carbocycles. The van der Waals surface area contributed by atoms with Crippen molar-refractivity contribution in [2.24, 2.45) is 18.9 Å². The minimum atomic E-state index is 0.0204. The molecule has 1 saturated heterocycles. The molecule has 1 aliphatic heterocycles. The van der Waals surface area contributed by atoms with E-state index >= 15 is 0 Å². The van der Waals surface area contributed by atoms with E-state index in [9.17, 15) is 4.79 Å². The Morgan fingerprint density at radius 2 is 2.47 bits per heavy atom. The smallest absolute Gasteiger partial charge is 0.237 e. The van der Waals surface area contributed by atoms with Crippen molar-refractivity contribution in [1.29, 1.82) is 0 Å². The Kier molecular flexibility index (Phi) is 3.50. The standard InChI is InChI=1S/C13H21N5O/c1-18-8-16-17-11(18)5-6-14-13(19)12-10-4-2-3-9(10)7-15-12/h8-10,12,15H,2-7H2,1H3,(H,14,19). The van der Waals surface area contributed by atoms with Crippen LogP contribution in [0, 0.1) is 11.8 Å². The lowest BCUT2D eigenvalue weighted by Gasteiger charge is -2.17. The molecule has 19 heavy (non-hydrogen) atoms. The number of carbonyl (C=O) groups is 1. The molecule has 1 aliphatic carbocycles. The van der Waals surface area contributed by atoms with E-state index in [1.807, 2.05) is 11.6 Å². The van der Waals surface area contributed by atoms with E-state index in [1.165, 1.54) is 19.3 Å². The SMILES string of the molecule is Cn1cnnc1CCNC(=O)C1NCC2CCCC21. The van der Waals surface area contributed by atoms with Gasteiger partial charge in [0.25, 0.3) is 0 Å². The second-order valence-corrected chi connectivity index (χ2v) is 5.64.